The molecule has 0 saturated heterocycles. The van der Waals surface area contributed by atoms with Crippen LogP contribution in [0, 0.1) is 6.92 Å². The first kappa shape index (κ1) is 17.7. The SMILES string of the molecule is Cc1nn(C)c(Cl)c1/C=C/C(=O)N(CC(=O)O)Cc1ccccc1. The van der Waals surface area contributed by atoms with Crippen molar-refractivity contribution in [1.82, 2.24) is 14.7 Å². The molecular formula is C17H18ClN3O3. The number of nitrogens with zero attached hydrogens (tertiary/aromatic N) is 3. The molecule has 2 aromatic rings. The fraction of sp³-hybridized carbons (Fsp3) is 0.235. The zero-order valence-corrected chi connectivity index (χ0v) is 14.2. The number of carbonyl (C=O) groups excluding carboxylic acids is 1. The number of carboxylic acids is 1. The van der Waals surface area contributed by atoms with Gasteiger partial charge in [0, 0.05) is 25.2 Å². The number of hydrogen-bond donors (Lipinski definition) is 1. The van der Waals surface area contributed by atoms with E-state index < -0.39 is 11.9 Å². The number of aromatic nitrogens is 2. The minimum absolute atomic E-state index is 0.218. The van der Waals surface area contributed by atoms with Gasteiger partial charge in [0.1, 0.15) is 11.7 Å². The summed E-state index contributed by atoms with van der Waals surface area (Å²) in [5, 5.41) is 13.6. The average molecular weight is 348 g/mol. The molecule has 126 valence electrons. The maximum Gasteiger partial charge on any atom is 0.323 e. The summed E-state index contributed by atoms with van der Waals surface area (Å²) in [6.45, 7) is 1.63. The van der Waals surface area contributed by atoms with E-state index in [0.29, 0.717) is 16.4 Å². The Bertz CT molecular complexity index is 769. The summed E-state index contributed by atoms with van der Waals surface area (Å²) in [6.07, 6.45) is 2.88. The van der Waals surface area contributed by atoms with E-state index in [0.717, 1.165) is 5.56 Å². The van der Waals surface area contributed by atoms with E-state index in [1.165, 1.54) is 15.7 Å². The minimum Gasteiger partial charge on any atom is -0.480 e. The van der Waals surface area contributed by atoms with Crippen molar-refractivity contribution in [2.24, 2.45) is 7.05 Å². The van der Waals surface area contributed by atoms with Gasteiger partial charge < -0.3 is 10.0 Å². The van der Waals surface area contributed by atoms with Crippen molar-refractivity contribution in [1.29, 1.82) is 0 Å². The predicted octanol–water partition coefficient (Wildman–Crippen LogP) is 2.51. The fourth-order valence-corrected chi connectivity index (χ4v) is 2.51. The number of carboxylic acid groups (broad SMARTS) is 1. The van der Waals surface area contributed by atoms with E-state index >= 15 is 0 Å². The number of aryl methyl sites for hydroxylation is 2. The first-order valence-electron chi connectivity index (χ1n) is 7.30. The lowest BCUT2D eigenvalue weighted by Gasteiger charge is -2.19. The third-order valence-corrected chi connectivity index (χ3v) is 3.89. The Morgan fingerprint density at radius 1 is 1.33 bits per heavy atom. The third-order valence-electron chi connectivity index (χ3n) is 3.44. The van der Waals surface area contributed by atoms with Crippen LogP contribution in [0.2, 0.25) is 5.15 Å². The summed E-state index contributed by atoms with van der Waals surface area (Å²) < 4.78 is 1.51. The van der Waals surface area contributed by atoms with Gasteiger partial charge in [-0.15, -0.1) is 0 Å². The van der Waals surface area contributed by atoms with Crippen molar-refractivity contribution < 1.29 is 14.7 Å². The lowest BCUT2D eigenvalue weighted by atomic mass is 10.2. The number of rotatable bonds is 6. The van der Waals surface area contributed by atoms with Crippen LogP contribution in [0.3, 0.4) is 0 Å². The Kier molecular flexibility index (Phi) is 5.76. The second kappa shape index (κ2) is 7.79. The summed E-state index contributed by atoms with van der Waals surface area (Å²) in [4.78, 5) is 24.7. The smallest absolute Gasteiger partial charge is 0.323 e. The predicted molar refractivity (Wildman–Crippen MR) is 91.5 cm³/mol. The van der Waals surface area contributed by atoms with Gasteiger partial charge in [0.05, 0.1) is 5.69 Å². The second-order valence-electron chi connectivity index (χ2n) is 5.32. The monoisotopic (exact) mass is 347 g/mol. The molecule has 1 heterocycles. The lowest BCUT2D eigenvalue weighted by molar-refractivity contribution is -0.143. The highest BCUT2D eigenvalue weighted by atomic mass is 35.5. The van der Waals surface area contributed by atoms with Gasteiger partial charge in [-0.1, -0.05) is 41.9 Å². The van der Waals surface area contributed by atoms with E-state index in [1.807, 2.05) is 30.3 Å². The fourth-order valence-electron chi connectivity index (χ4n) is 2.27. The summed E-state index contributed by atoms with van der Waals surface area (Å²) in [7, 11) is 1.71. The molecule has 0 aliphatic rings. The van der Waals surface area contributed by atoms with Crippen LogP contribution in [0.1, 0.15) is 16.8 Å². The van der Waals surface area contributed by atoms with Crippen LogP contribution in [0.25, 0.3) is 6.08 Å². The summed E-state index contributed by atoms with van der Waals surface area (Å²) in [5.74, 6) is -1.47. The van der Waals surface area contributed by atoms with E-state index in [2.05, 4.69) is 5.10 Å². The van der Waals surface area contributed by atoms with Gasteiger partial charge in [0.25, 0.3) is 0 Å². The maximum atomic E-state index is 12.4. The van der Waals surface area contributed by atoms with Crippen LogP contribution in [0.15, 0.2) is 36.4 Å². The molecule has 1 aromatic carbocycles. The van der Waals surface area contributed by atoms with Crippen LogP contribution < -0.4 is 0 Å². The van der Waals surface area contributed by atoms with E-state index in [1.54, 1.807) is 20.0 Å². The molecule has 1 N–H and O–H groups in total. The summed E-state index contributed by atoms with van der Waals surface area (Å²) in [5.41, 5.74) is 2.19. The molecule has 0 saturated carbocycles. The molecule has 2 rings (SSSR count). The highest BCUT2D eigenvalue weighted by molar-refractivity contribution is 6.31. The maximum absolute atomic E-state index is 12.4. The van der Waals surface area contributed by atoms with Crippen molar-refractivity contribution in [2.75, 3.05) is 6.54 Å². The first-order valence-corrected chi connectivity index (χ1v) is 7.68. The molecule has 0 aliphatic heterocycles. The molecule has 0 aliphatic carbocycles. The number of benzene rings is 1. The number of halogens is 1. The molecule has 1 amide bonds. The van der Waals surface area contributed by atoms with Crippen molar-refractivity contribution >= 4 is 29.6 Å². The van der Waals surface area contributed by atoms with E-state index in [9.17, 15) is 9.59 Å². The largest absolute Gasteiger partial charge is 0.480 e. The molecule has 6 nitrogen and oxygen atoms in total. The Hall–Kier alpha value is -2.60. The van der Waals surface area contributed by atoms with Gasteiger partial charge >= 0.3 is 5.97 Å². The topological polar surface area (TPSA) is 75.4 Å². The Balaban J connectivity index is 2.18. The molecular weight excluding hydrogens is 330 g/mol. The first-order chi connectivity index (χ1) is 11.4. The van der Waals surface area contributed by atoms with Crippen molar-refractivity contribution in [3.05, 3.63) is 58.4 Å². The molecule has 0 atom stereocenters. The minimum atomic E-state index is -1.07. The van der Waals surface area contributed by atoms with E-state index in [-0.39, 0.29) is 13.1 Å². The van der Waals surface area contributed by atoms with Crippen molar-refractivity contribution in [2.45, 2.75) is 13.5 Å². The van der Waals surface area contributed by atoms with Crippen molar-refractivity contribution in [3.63, 3.8) is 0 Å². The van der Waals surface area contributed by atoms with Gasteiger partial charge in [-0.25, -0.2) is 0 Å². The molecule has 24 heavy (non-hydrogen) atoms. The van der Waals surface area contributed by atoms with Gasteiger partial charge in [-0.3, -0.25) is 14.3 Å². The van der Waals surface area contributed by atoms with E-state index in [4.69, 9.17) is 16.7 Å². The van der Waals surface area contributed by atoms with Gasteiger partial charge in [-0.2, -0.15) is 5.10 Å². The molecule has 0 bridgehead atoms. The average Bonchev–Trinajstić information content (AvgIpc) is 2.78. The number of carbonyl (C=O) groups is 2. The molecule has 1 aromatic heterocycles. The van der Waals surface area contributed by atoms with Crippen molar-refractivity contribution in [3.8, 4) is 0 Å². The molecule has 0 unspecified atom stereocenters. The van der Waals surface area contributed by atoms with Gasteiger partial charge in [-0.05, 0) is 18.6 Å². The zero-order valence-electron chi connectivity index (χ0n) is 13.4. The second-order valence-corrected chi connectivity index (χ2v) is 5.68. The normalized spacial score (nSPS) is 11.0. The summed E-state index contributed by atoms with van der Waals surface area (Å²) >= 11 is 6.12. The molecule has 0 radical (unpaired) electrons. The van der Waals surface area contributed by atoms with Crippen LogP contribution in [0.4, 0.5) is 0 Å². The molecule has 0 spiro atoms. The van der Waals surface area contributed by atoms with Crippen LogP contribution in [-0.4, -0.2) is 38.2 Å². The molecule has 0 fully saturated rings. The van der Waals surface area contributed by atoms with Crippen LogP contribution in [0.5, 0.6) is 0 Å². The Morgan fingerprint density at radius 2 is 2.00 bits per heavy atom. The van der Waals surface area contributed by atoms with Crippen LogP contribution >= 0.6 is 11.6 Å². The number of aliphatic carboxylic acids is 1. The number of amides is 1. The standard InChI is InChI=1S/C17H18ClN3O3/c1-12-14(17(18)20(2)19-12)8-9-15(22)21(11-16(23)24)10-13-6-4-3-5-7-13/h3-9H,10-11H2,1-2H3,(H,23,24)/b9-8+. The number of hydrogen-bond acceptors (Lipinski definition) is 3. The molecule has 7 heteroatoms. The highest BCUT2D eigenvalue weighted by Crippen LogP contribution is 2.20. The lowest BCUT2D eigenvalue weighted by Crippen LogP contribution is -2.33. The summed E-state index contributed by atoms with van der Waals surface area (Å²) in [6, 6.07) is 9.22. The quantitative estimate of drug-likeness (QED) is 0.815. The Labute approximate surface area is 145 Å². The van der Waals surface area contributed by atoms with Gasteiger partial charge in [0.2, 0.25) is 5.91 Å². The highest BCUT2D eigenvalue weighted by Gasteiger charge is 2.16. The zero-order chi connectivity index (χ0) is 17.7. The Morgan fingerprint density at radius 3 is 2.54 bits per heavy atom. The van der Waals surface area contributed by atoms with Crippen LogP contribution in [-0.2, 0) is 23.2 Å². The van der Waals surface area contributed by atoms with Gasteiger partial charge in [0.15, 0.2) is 0 Å². The third kappa shape index (κ3) is 4.45.